The molecular weight excluding hydrogens is 279 g/mol. The van der Waals surface area contributed by atoms with E-state index in [-0.39, 0.29) is 0 Å². The summed E-state index contributed by atoms with van der Waals surface area (Å²) >= 11 is 0. The van der Waals surface area contributed by atoms with E-state index in [2.05, 4.69) is 17.3 Å². The van der Waals surface area contributed by atoms with Gasteiger partial charge in [0.05, 0.1) is 17.4 Å². The largest absolute Gasteiger partial charge is 0.416 e. The Kier molecular flexibility index (Phi) is 4.67. The Labute approximate surface area is 121 Å². The predicted molar refractivity (Wildman–Crippen MR) is 75.3 cm³/mol. The molecular formula is C15H18F3N3. The highest BCUT2D eigenvalue weighted by atomic mass is 19.4. The van der Waals surface area contributed by atoms with Gasteiger partial charge in [-0.05, 0) is 37.7 Å². The van der Waals surface area contributed by atoms with E-state index >= 15 is 0 Å². The second-order valence-corrected chi connectivity index (χ2v) is 4.85. The molecule has 2 rings (SSSR count). The summed E-state index contributed by atoms with van der Waals surface area (Å²) in [5.74, 6) is 0. The molecule has 1 aromatic carbocycles. The fourth-order valence-electron chi connectivity index (χ4n) is 2.26. The Morgan fingerprint density at radius 1 is 1.19 bits per heavy atom. The summed E-state index contributed by atoms with van der Waals surface area (Å²) in [6.45, 7) is 2.75. The van der Waals surface area contributed by atoms with E-state index in [1.807, 2.05) is 7.05 Å². The third-order valence-electron chi connectivity index (χ3n) is 3.25. The van der Waals surface area contributed by atoms with Gasteiger partial charge in [0.2, 0.25) is 0 Å². The van der Waals surface area contributed by atoms with E-state index < -0.39 is 11.7 Å². The van der Waals surface area contributed by atoms with Gasteiger partial charge >= 0.3 is 6.18 Å². The zero-order valence-electron chi connectivity index (χ0n) is 12.0. The SMILES string of the molecule is CCCc1c(CNC)cnn1-c1ccc(C(F)(F)F)cc1. The summed E-state index contributed by atoms with van der Waals surface area (Å²) in [7, 11) is 1.85. The first-order chi connectivity index (χ1) is 9.97. The number of nitrogens with zero attached hydrogens (tertiary/aromatic N) is 2. The average Bonchev–Trinajstić information content (AvgIpc) is 2.82. The van der Waals surface area contributed by atoms with Crippen molar-refractivity contribution in [3.63, 3.8) is 0 Å². The number of hydrogen-bond donors (Lipinski definition) is 1. The molecule has 6 heteroatoms. The van der Waals surface area contributed by atoms with Gasteiger partial charge in [-0.3, -0.25) is 0 Å². The normalized spacial score (nSPS) is 11.9. The van der Waals surface area contributed by atoms with Crippen LogP contribution in [0.2, 0.25) is 0 Å². The van der Waals surface area contributed by atoms with Gasteiger partial charge in [-0.1, -0.05) is 13.3 Å². The number of benzene rings is 1. The van der Waals surface area contributed by atoms with Gasteiger partial charge in [0.25, 0.3) is 0 Å². The van der Waals surface area contributed by atoms with E-state index in [9.17, 15) is 13.2 Å². The van der Waals surface area contributed by atoms with E-state index in [1.165, 1.54) is 12.1 Å². The molecule has 0 fully saturated rings. The van der Waals surface area contributed by atoms with Crippen molar-refractivity contribution in [2.45, 2.75) is 32.5 Å². The monoisotopic (exact) mass is 297 g/mol. The first kappa shape index (κ1) is 15.6. The average molecular weight is 297 g/mol. The van der Waals surface area contributed by atoms with Crippen LogP contribution >= 0.6 is 0 Å². The molecule has 114 valence electrons. The lowest BCUT2D eigenvalue weighted by Crippen LogP contribution is -2.09. The standard InChI is InChI=1S/C15H18F3N3/c1-3-4-14-11(9-19-2)10-20-21(14)13-7-5-12(6-8-13)15(16,17)18/h5-8,10,19H,3-4,9H2,1-2H3. The molecule has 0 amide bonds. The highest BCUT2D eigenvalue weighted by molar-refractivity contribution is 5.38. The van der Waals surface area contributed by atoms with Gasteiger partial charge in [0.15, 0.2) is 0 Å². The lowest BCUT2D eigenvalue weighted by Gasteiger charge is -2.11. The van der Waals surface area contributed by atoms with E-state index in [4.69, 9.17) is 0 Å². The third-order valence-corrected chi connectivity index (χ3v) is 3.25. The first-order valence-electron chi connectivity index (χ1n) is 6.85. The van der Waals surface area contributed by atoms with Crippen molar-refractivity contribution in [1.29, 1.82) is 0 Å². The number of hydrogen-bond acceptors (Lipinski definition) is 2. The Morgan fingerprint density at radius 3 is 2.38 bits per heavy atom. The van der Waals surface area contributed by atoms with Crippen LogP contribution in [-0.4, -0.2) is 16.8 Å². The molecule has 0 atom stereocenters. The number of nitrogens with one attached hydrogen (secondary N) is 1. The highest BCUT2D eigenvalue weighted by Crippen LogP contribution is 2.29. The molecule has 21 heavy (non-hydrogen) atoms. The molecule has 0 bridgehead atoms. The molecule has 0 aliphatic carbocycles. The summed E-state index contributed by atoms with van der Waals surface area (Å²) in [4.78, 5) is 0. The quantitative estimate of drug-likeness (QED) is 0.914. The van der Waals surface area contributed by atoms with Crippen LogP contribution in [0.5, 0.6) is 0 Å². The van der Waals surface area contributed by atoms with Crippen molar-refractivity contribution in [3.05, 3.63) is 47.3 Å². The van der Waals surface area contributed by atoms with E-state index in [0.29, 0.717) is 12.2 Å². The van der Waals surface area contributed by atoms with Crippen LogP contribution in [0.3, 0.4) is 0 Å². The minimum atomic E-state index is -4.31. The Hall–Kier alpha value is -1.82. The van der Waals surface area contributed by atoms with Crippen molar-refractivity contribution >= 4 is 0 Å². The van der Waals surface area contributed by atoms with E-state index in [1.54, 1.807) is 10.9 Å². The summed E-state index contributed by atoms with van der Waals surface area (Å²) in [5, 5.41) is 7.39. The molecule has 0 saturated carbocycles. The van der Waals surface area contributed by atoms with Crippen molar-refractivity contribution in [2.75, 3.05) is 7.05 Å². The lowest BCUT2D eigenvalue weighted by atomic mass is 10.1. The zero-order valence-corrected chi connectivity index (χ0v) is 12.0. The molecule has 0 unspecified atom stereocenters. The van der Waals surface area contributed by atoms with Gasteiger partial charge < -0.3 is 5.32 Å². The van der Waals surface area contributed by atoms with Gasteiger partial charge in [-0.15, -0.1) is 0 Å². The molecule has 3 nitrogen and oxygen atoms in total. The number of halogens is 3. The van der Waals surface area contributed by atoms with Crippen molar-refractivity contribution in [3.8, 4) is 5.69 Å². The van der Waals surface area contributed by atoms with Gasteiger partial charge in [0.1, 0.15) is 0 Å². The maximum absolute atomic E-state index is 12.6. The molecule has 1 heterocycles. The molecule has 1 N–H and O–H groups in total. The summed E-state index contributed by atoms with van der Waals surface area (Å²) in [6.07, 6.45) is -0.771. The lowest BCUT2D eigenvalue weighted by molar-refractivity contribution is -0.137. The number of aromatic nitrogens is 2. The zero-order chi connectivity index (χ0) is 15.5. The second-order valence-electron chi connectivity index (χ2n) is 4.85. The van der Waals surface area contributed by atoms with Crippen molar-refractivity contribution in [1.82, 2.24) is 15.1 Å². The first-order valence-corrected chi connectivity index (χ1v) is 6.85. The van der Waals surface area contributed by atoms with Crippen LogP contribution in [0, 0.1) is 0 Å². The van der Waals surface area contributed by atoms with Crippen LogP contribution in [0.1, 0.15) is 30.2 Å². The minimum absolute atomic E-state index is 0.647. The summed E-state index contributed by atoms with van der Waals surface area (Å²) < 4.78 is 39.5. The third kappa shape index (κ3) is 3.44. The van der Waals surface area contributed by atoms with Gasteiger partial charge in [0, 0.05) is 17.8 Å². The number of alkyl halides is 3. The second kappa shape index (κ2) is 6.30. The molecule has 0 saturated heterocycles. The Bertz CT molecular complexity index is 585. The van der Waals surface area contributed by atoms with Crippen LogP contribution in [0.25, 0.3) is 5.69 Å². The van der Waals surface area contributed by atoms with Crippen molar-refractivity contribution in [2.24, 2.45) is 0 Å². The molecule has 1 aromatic heterocycles. The van der Waals surface area contributed by atoms with Gasteiger partial charge in [-0.25, -0.2) is 4.68 Å². The fraction of sp³-hybridized carbons (Fsp3) is 0.400. The maximum Gasteiger partial charge on any atom is 0.416 e. The Balaban J connectivity index is 2.37. The van der Waals surface area contributed by atoms with Crippen LogP contribution < -0.4 is 5.32 Å². The fourth-order valence-corrected chi connectivity index (χ4v) is 2.26. The number of rotatable bonds is 5. The molecule has 0 aliphatic heterocycles. The molecule has 2 aromatic rings. The van der Waals surface area contributed by atoms with E-state index in [0.717, 1.165) is 36.2 Å². The van der Waals surface area contributed by atoms with Crippen LogP contribution in [0.4, 0.5) is 13.2 Å². The maximum atomic E-state index is 12.6. The summed E-state index contributed by atoms with van der Waals surface area (Å²) in [5.41, 5.74) is 2.10. The molecule has 0 radical (unpaired) electrons. The van der Waals surface area contributed by atoms with Crippen molar-refractivity contribution < 1.29 is 13.2 Å². The summed E-state index contributed by atoms with van der Waals surface area (Å²) in [6, 6.07) is 5.09. The molecule has 0 aliphatic rings. The smallest absolute Gasteiger partial charge is 0.316 e. The minimum Gasteiger partial charge on any atom is -0.316 e. The van der Waals surface area contributed by atoms with Crippen LogP contribution in [0.15, 0.2) is 30.5 Å². The predicted octanol–water partition coefficient (Wildman–Crippen LogP) is 3.56. The van der Waals surface area contributed by atoms with Gasteiger partial charge in [-0.2, -0.15) is 18.3 Å². The van der Waals surface area contributed by atoms with Crippen LogP contribution in [-0.2, 0) is 19.1 Å². The highest BCUT2D eigenvalue weighted by Gasteiger charge is 2.30. The topological polar surface area (TPSA) is 29.9 Å². The Morgan fingerprint density at radius 2 is 1.86 bits per heavy atom. The molecule has 0 spiro atoms.